The molecule has 0 aliphatic rings. The lowest BCUT2D eigenvalue weighted by molar-refractivity contribution is 0.0599. The molecule has 0 bridgehead atoms. The van der Waals surface area contributed by atoms with Crippen LogP contribution in [0.2, 0.25) is 0 Å². The van der Waals surface area contributed by atoms with Gasteiger partial charge in [-0.2, -0.15) is 0 Å². The van der Waals surface area contributed by atoms with Crippen molar-refractivity contribution < 1.29 is 14.6 Å². The Labute approximate surface area is 105 Å². The molecule has 0 amide bonds. The molecule has 0 radical (unpaired) electrons. The fraction of sp³-hybridized carbons (Fsp3) is 0.385. The standard InChI is InChI=1S/C13H16N2O3/c1-13(2,3)7-5-6-14-10-8(7)9(11(16)15-10)12(17)18-4/h5-6,16H,1-4H3,(H,14,15). The molecule has 2 N–H and O–H groups in total. The maximum Gasteiger partial charge on any atom is 0.344 e. The Morgan fingerprint density at radius 2 is 2.11 bits per heavy atom. The first kappa shape index (κ1) is 12.4. The molecule has 2 aromatic rings. The number of esters is 1. The van der Waals surface area contributed by atoms with E-state index in [1.54, 1.807) is 6.20 Å². The first-order valence-corrected chi connectivity index (χ1v) is 5.64. The predicted octanol–water partition coefficient (Wildman–Crippen LogP) is 2.35. The minimum absolute atomic E-state index is 0.144. The minimum atomic E-state index is -0.572. The van der Waals surface area contributed by atoms with E-state index in [4.69, 9.17) is 4.74 Å². The predicted molar refractivity (Wildman–Crippen MR) is 67.8 cm³/mol. The van der Waals surface area contributed by atoms with Gasteiger partial charge in [-0.25, -0.2) is 9.78 Å². The topological polar surface area (TPSA) is 75.2 Å². The van der Waals surface area contributed by atoms with Crippen LogP contribution in [-0.4, -0.2) is 28.2 Å². The first-order valence-electron chi connectivity index (χ1n) is 5.64. The van der Waals surface area contributed by atoms with Crippen LogP contribution in [0.25, 0.3) is 11.0 Å². The van der Waals surface area contributed by atoms with Gasteiger partial charge in [-0.15, -0.1) is 0 Å². The van der Waals surface area contributed by atoms with Crippen LogP contribution in [0.4, 0.5) is 0 Å². The van der Waals surface area contributed by atoms with E-state index in [9.17, 15) is 9.90 Å². The fourth-order valence-corrected chi connectivity index (χ4v) is 2.03. The molecule has 0 fully saturated rings. The van der Waals surface area contributed by atoms with Crippen LogP contribution in [0, 0.1) is 0 Å². The van der Waals surface area contributed by atoms with Crippen molar-refractivity contribution in [2.24, 2.45) is 0 Å². The third-order valence-corrected chi connectivity index (χ3v) is 2.87. The number of methoxy groups -OCH3 is 1. The average Bonchev–Trinajstić information content (AvgIpc) is 2.62. The van der Waals surface area contributed by atoms with Gasteiger partial charge in [-0.05, 0) is 17.0 Å². The number of hydrogen-bond donors (Lipinski definition) is 2. The molecule has 2 rings (SSSR count). The Bertz CT molecular complexity index is 608. The van der Waals surface area contributed by atoms with Crippen molar-refractivity contribution >= 4 is 17.0 Å². The lowest BCUT2D eigenvalue weighted by atomic mass is 9.85. The van der Waals surface area contributed by atoms with E-state index in [0.29, 0.717) is 11.0 Å². The summed E-state index contributed by atoms with van der Waals surface area (Å²) in [6.45, 7) is 6.10. The lowest BCUT2D eigenvalue weighted by Gasteiger charge is -2.20. The number of aromatic hydroxyl groups is 1. The number of nitrogens with one attached hydrogen (secondary N) is 1. The van der Waals surface area contributed by atoms with Crippen LogP contribution in [0.15, 0.2) is 12.3 Å². The number of nitrogens with zero attached hydrogens (tertiary/aromatic N) is 1. The maximum absolute atomic E-state index is 11.8. The third-order valence-electron chi connectivity index (χ3n) is 2.87. The molecule has 0 spiro atoms. The Balaban J connectivity index is 2.86. The third kappa shape index (κ3) is 1.81. The van der Waals surface area contributed by atoms with E-state index in [0.717, 1.165) is 5.56 Å². The van der Waals surface area contributed by atoms with E-state index in [2.05, 4.69) is 9.97 Å². The highest BCUT2D eigenvalue weighted by Crippen LogP contribution is 2.35. The Hall–Kier alpha value is -2.04. The van der Waals surface area contributed by atoms with Gasteiger partial charge in [0.2, 0.25) is 5.88 Å². The highest BCUT2D eigenvalue weighted by molar-refractivity contribution is 6.07. The van der Waals surface area contributed by atoms with Gasteiger partial charge < -0.3 is 14.8 Å². The molecule has 0 saturated heterocycles. The van der Waals surface area contributed by atoms with E-state index in [1.165, 1.54) is 7.11 Å². The number of H-pyrrole nitrogens is 1. The number of ether oxygens (including phenoxy) is 1. The van der Waals surface area contributed by atoms with Crippen molar-refractivity contribution in [2.75, 3.05) is 7.11 Å². The molecule has 0 unspecified atom stereocenters. The summed E-state index contributed by atoms with van der Waals surface area (Å²) in [4.78, 5) is 18.6. The minimum Gasteiger partial charge on any atom is -0.494 e. The van der Waals surface area contributed by atoms with Crippen molar-refractivity contribution in [3.63, 3.8) is 0 Å². The van der Waals surface area contributed by atoms with Crippen molar-refractivity contribution in [1.82, 2.24) is 9.97 Å². The summed E-state index contributed by atoms with van der Waals surface area (Å²) in [5, 5.41) is 10.4. The molecular formula is C13H16N2O3. The highest BCUT2D eigenvalue weighted by Gasteiger charge is 2.26. The van der Waals surface area contributed by atoms with Crippen LogP contribution in [-0.2, 0) is 10.2 Å². The molecule has 2 aromatic heterocycles. The largest absolute Gasteiger partial charge is 0.494 e. The summed E-state index contributed by atoms with van der Waals surface area (Å²) in [6.07, 6.45) is 1.65. The van der Waals surface area contributed by atoms with Crippen LogP contribution in [0.5, 0.6) is 5.88 Å². The number of carbonyl (C=O) groups excluding carboxylic acids is 1. The lowest BCUT2D eigenvalue weighted by Crippen LogP contribution is -2.13. The zero-order valence-electron chi connectivity index (χ0n) is 10.9. The van der Waals surface area contributed by atoms with Gasteiger partial charge in [0.15, 0.2) is 0 Å². The van der Waals surface area contributed by atoms with Gasteiger partial charge in [0.1, 0.15) is 11.2 Å². The summed E-state index contributed by atoms with van der Waals surface area (Å²) in [5.41, 5.74) is 1.40. The summed E-state index contributed by atoms with van der Waals surface area (Å²) < 4.78 is 4.70. The molecule has 0 aliphatic carbocycles. The number of fused-ring (bicyclic) bond motifs is 1. The summed E-state index contributed by atoms with van der Waals surface area (Å²) in [7, 11) is 1.29. The Kier molecular flexibility index (Phi) is 2.77. The molecule has 0 aliphatic heterocycles. The second-order valence-electron chi connectivity index (χ2n) is 5.17. The van der Waals surface area contributed by atoms with Gasteiger partial charge >= 0.3 is 5.97 Å². The summed E-state index contributed by atoms with van der Waals surface area (Å²) in [6, 6.07) is 1.85. The Morgan fingerprint density at radius 1 is 1.44 bits per heavy atom. The zero-order valence-corrected chi connectivity index (χ0v) is 10.9. The van der Waals surface area contributed by atoms with Crippen molar-refractivity contribution in [2.45, 2.75) is 26.2 Å². The van der Waals surface area contributed by atoms with Crippen molar-refractivity contribution in [3.05, 3.63) is 23.4 Å². The van der Waals surface area contributed by atoms with E-state index < -0.39 is 5.97 Å². The van der Waals surface area contributed by atoms with Gasteiger partial charge in [-0.3, -0.25) is 0 Å². The number of carbonyl (C=O) groups is 1. The van der Waals surface area contributed by atoms with Gasteiger partial charge in [0.05, 0.1) is 7.11 Å². The van der Waals surface area contributed by atoms with Crippen molar-refractivity contribution in [1.29, 1.82) is 0 Å². The molecule has 0 aromatic carbocycles. The molecule has 96 valence electrons. The van der Waals surface area contributed by atoms with Gasteiger partial charge in [0.25, 0.3) is 0 Å². The van der Waals surface area contributed by atoms with E-state index in [-0.39, 0.29) is 16.9 Å². The number of aromatic nitrogens is 2. The smallest absolute Gasteiger partial charge is 0.344 e. The molecule has 0 saturated carbocycles. The molecular weight excluding hydrogens is 232 g/mol. The quantitative estimate of drug-likeness (QED) is 0.759. The molecule has 2 heterocycles. The van der Waals surface area contributed by atoms with Crippen LogP contribution >= 0.6 is 0 Å². The number of hydrogen-bond acceptors (Lipinski definition) is 4. The van der Waals surface area contributed by atoms with E-state index >= 15 is 0 Å². The number of rotatable bonds is 1. The molecule has 5 nitrogen and oxygen atoms in total. The van der Waals surface area contributed by atoms with Gasteiger partial charge in [0, 0.05) is 11.6 Å². The van der Waals surface area contributed by atoms with Crippen molar-refractivity contribution in [3.8, 4) is 5.88 Å². The second kappa shape index (κ2) is 4.01. The zero-order chi connectivity index (χ0) is 13.5. The fourth-order valence-electron chi connectivity index (χ4n) is 2.03. The SMILES string of the molecule is COC(=O)c1c(O)[nH]c2nccc(C(C)(C)C)c12. The second-order valence-corrected chi connectivity index (χ2v) is 5.17. The maximum atomic E-state index is 11.8. The first-order chi connectivity index (χ1) is 8.36. The monoisotopic (exact) mass is 248 g/mol. The highest BCUT2D eigenvalue weighted by atomic mass is 16.5. The van der Waals surface area contributed by atoms with E-state index in [1.807, 2.05) is 26.8 Å². The molecule has 5 heteroatoms. The number of pyridine rings is 1. The molecule has 18 heavy (non-hydrogen) atoms. The Morgan fingerprint density at radius 3 is 2.67 bits per heavy atom. The van der Waals surface area contributed by atoms with Crippen LogP contribution < -0.4 is 0 Å². The summed E-state index contributed by atoms with van der Waals surface area (Å²) >= 11 is 0. The number of aromatic amines is 1. The summed E-state index contributed by atoms with van der Waals surface area (Å²) in [5.74, 6) is -0.779. The van der Waals surface area contributed by atoms with Crippen LogP contribution in [0.1, 0.15) is 36.7 Å². The van der Waals surface area contributed by atoms with Crippen LogP contribution in [0.3, 0.4) is 0 Å². The average molecular weight is 248 g/mol. The normalized spacial score (nSPS) is 11.8. The molecule has 0 atom stereocenters. The van der Waals surface area contributed by atoms with Gasteiger partial charge in [-0.1, -0.05) is 20.8 Å².